The van der Waals surface area contributed by atoms with Crippen molar-refractivity contribution in [2.75, 3.05) is 19.7 Å². The molecule has 0 aromatic heterocycles. The van der Waals surface area contributed by atoms with Crippen molar-refractivity contribution in [3.8, 4) is 5.75 Å². The van der Waals surface area contributed by atoms with Crippen molar-refractivity contribution in [3.63, 3.8) is 0 Å². The van der Waals surface area contributed by atoms with Crippen LogP contribution in [0.2, 0.25) is 0 Å². The summed E-state index contributed by atoms with van der Waals surface area (Å²) in [5.41, 5.74) is 1.06. The molecule has 1 aromatic rings. The van der Waals surface area contributed by atoms with E-state index in [1.807, 2.05) is 37.3 Å². The van der Waals surface area contributed by atoms with Gasteiger partial charge in [-0.05, 0) is 37.8 Å². The minimum atomic E-state index is -1.14. The van der Waals surface area contributed by atoms with E-state index < -0.39 is 11.4 Å². The summed E-state index contributed by atoms with van der Waals surface area (Å²) in [4.78, 5) is 25.4. The zero-order chi connectivity index (χ0) is 16.4. The minimum Gasteiger partial charge on any atom is -0.493 e. The standard InChI is InChI=1S/C18H21NO4/c1-2-23-15-6-4-3-5-14(15)13-7-11-19(12-8-13)16(20)18(9-10-18)17(21)22/h3-7H,2,8-12H2,1H3,(H,21,22). The van der Waals surface area contributed by atoms with Crippen LogP contribution in [0.15, 0.2) is 30.3 Å². The molecule has 0 atom stereocenters. The first-order valence-electron chi connectivity index (χ1n) is 8.02. The second-order valence-electron chi connectivity index (χ2n) is 6.05. The van der Waals surface area contributed by atoms with Crippen LogP contribution in [0.3, 0.4) is 0 Å². The lowest BCUT2D eigenvalue weighted by molar-refractivity contribution is -0.153. The Morgan fingerprint density at radius 2 is 2.04 bits per heavy atom. The third-order valence-corrected chi connectivity index (χ3v) is 4.60. The summed E-state index contributed by atoms with van der Waals surface area (Å²) in [6, 6.07) is 7.88. The summed E-state index contributed by atoms with van der Waals surface area (Å²) in [5.74, 6) is -0.373. The Morgan fingerprint density at radius 1 is 1.30 bits per heavy atom. The van der Waals surface area contributed by atoms with Crippen LogP contribution in [0, 0.1) is 5.41 Å². The highest BCUT2D eigenvalue weighted by atomic mass is 16.5. The van der Waals surface area contributed by atoms with Gasteiger partial charge in [0.2, 0.25) is 5.91 Å². The molecule has 1 fully saturated rings. The summed E-state index contributed by atoms with van der Waals surface area (Å²) in [6.45, 7) is 3.58. The second kappa shape index (κ2) is 6.07. The van der Waals surface area contributed by atoms with Gasteiger partial charge in [0.25, 0.3) is 0 Å². The van der Waals surface area contributed by atoms with E-state index in [0.717, 1.165) is 16.9 Å². The maximum Gasteiger partial charge on any atom is 0.319 e. The molecule has 0 unspecified atom stereocenters. The maximum atomic E-state index is 12.4. The van der Waals surface area contributed by atoms with Gasteiger partial charge < -0.3 is 14.7 Å². The van der Waals surface area contributed by atoms with Crippen LogP contribution in [-0.4, -0.2) is 41.6 Å². The average Bonchev–Trinajstić information content (AvgIpc) is 3.37. The summed E-state index contributed by atoms with van der Waals surface area (Å²) >= 11 is 0. The second-order valence-corrected chi connectivity index (χ2v) is 6.05. The smallest absolute Gasteiger partial charge is 0.319 e. The SMILES string of the molecule is CCOc1ccccc1C1=CCN(C(=O)C2(C(=O)O)CC2)CC1. The lowest BCUT2D eigenvalue weighted by Gasteiger charge is -2.29. The van der Waals surface area contributed by atoms with E-state index in [1.165, 1.54) is 0 Å². The number of carboxylic acids is 1. The van der Waals surface area contributed by atoms with Gasteiger partial charge in [0.1, 0.15) is 11.2 Å². The number of amides is 1. The Bertz CT molecular complexity index is 661. The molecule has 1 aromatic carbocycles. The molecule has 23 heavy (non-hydrogen) atoms. The predicted molar refractivity (Wildman–Crippen MR) is 86.1 cm³/mol. The van der Waals surface area contributed by atoms with Crippen molar-refractivity contribution >= 4 is 17.4 Å². The highest BCUT2D eigenvalue weighted by Crippen LogP contribution is 2.48. The van der Waals surface area contributed by atoms with E-state index in [2.05, 4.69) is 0 Å². The van der Waals surface area contributed by atoms with Gasteiger partial charge in [0.05, 0.1) is 6.61 Å². The van der Waals surface area contributed by atoms with E-state index in [0.29, 0.717) is 39.0 Å². The van der Waals surface area contributed by atoms with Crippen LogP contribution in [-0.2, 0) is 9.59 Å². The highest BCUT2D eigenvalue weighted by Gasteiger charge is 2.58. The number of ether oxygens (including phenoxy) is 1. The summed E-state index contributed by atoms with van der Waals surface area (Å²) < 4.78 is 5.66. The molecule has 122 valence electrons. The molecule has 1 amide bonds. The van der Waals surface area contributed by atoms with Gasteiger partial charge in [-0.25, -0.2) is 0 Å². The fourth-order valence-electron chi connectivity index (χ4n) is 3.06. The number of carbonyl (C=O) groups is 2. The quantitative estimate of drug-likeness (QED) is 0.848. The molecule has 0 spiro atoms. The van der Waals surface area contributed by atoms with Crippen molar-refractivity contribution in [2.24, 2.45) is 5.41 Å². The van der Waals surface area contributed by atoms with Crippen molar-refractivity contribution in [3.05, 3.63) is 35.9 Å². The molecular weight excluding hydrogens is 294 g/mol. The van der Waals surface area contributed by atoms with E-state index in [4.69, 9.17) is 4.74 Å². The van der Waals surface area contributed by atoms with Gasteiger partial charge in [0, 0.05) is 18.7 Å². The minimum absolute atomic E-state index is 0.238. The maximum absolute atomic E-state index is 12.4. The number of carboxylic acid groups (broad SMARTS) is 1. The number of aliphatic carboxylic acids is 1. The van der Waals surface area contributed by atoms with Crippen LogP contribution in [0.5, 0.6) is 5.75 Å². The third kappa shape index (κ3) is 2.83. The van der Waals surface area contributed by atoms with Crippen molar-refractivity contribution < 1.29 is 19.4 Å². The van der Waals surface area contributed by atoms with Gasteiger partial charge in [0.15, 0.2) is 0 Å². The van der Waals surface area contributed by atoms with Crippen molar-refractivity contribution in [2.45, 2.75) is 26.2 Å². The molecule has 5 heteroatoms. The van der Waals surface area contributed by atoms with Crippen LogP contribution < -0.4 is 4.74 Å². The number of hydrogen-bond donors (Lipinski definition) is 1. The van der Waals surface area contributed by atoms with Crippen molar-refractivity contribution in [1.82, 2.24) is 4.90 Å². The molecule has 1 heterocycles. The first-order chi connectivity index (χ1) is 11.1. The van der Waals surface area contributed by atoms with Gasteiger partial charge >= 0.3 is 5.97 Å². The summed E-state index contributed by atoms with van der Waals surface area (Å²) in [6.07, 6.45) is 3.64. The molecule has 1 aliphatic heterocycles. The first kappa shape index (κ1) is 15.6. The average molecular weight is 315 g/mol. The molecule has 0 bridgehead atoms. The fraction of sp³-hybridized carbons (Fsp3) is 0.444. The number of para-hydroxylation sites is 1. The zero-order valence-electron chi connectivity index (χ0n) is 13.2. The van der Waals surface area contributed by atoms with Crippen LogP contribution >= 0.6 is 0 Å². The molecule has 0 saturated heterocycles. The molecule has 1 aliphatic carbocycles. The summed E-state index contributed by atoms with van der Waals surface area (Å²) in [5, 5.41) is 9.25. The van der Waals surface area contributed by atoms with Crippen molar-refractivity contribution in [1.29, 1.82) is 0 Å². The molecular formula is C18H21NO4. The first-order valence-corrected chi connectivity index (χ1v) is 8.02. The van der Waals surface area contributed by atoms with E-state index >= 15 is 0 Å². The summed E-state index contributed by atoms with van der Waals surface area (Å²) in [7, 11) is 0. The molecule has 0 radical (unpaired) electrons. The van der Waals surface area contributed by atoms with Gasteiger partial charge in [-0.1, -0.05) is 24.3 Å². The Balaban J connectivity index is 1.74. The van der Waals surface area contributed by atoms with Crippen LogP contribution in [0.4, 0.5) is 0 Å². The number of carbonyl (C=O) groups excluding carboxylic acids is 1. The number of rotatable bonds is 5. The Hall–Kier alpha value is -2.30. The van der Waals surface area contributed by atoms with Crippen LogP contribution in [0.1, 0.15) is 31.7 Å². The number of nitrogens with zero attached hydrogens (tertiary/aromatic N) is 1. The molecule has 2 aliphatic rings. The van der Waals surface area contributed by atoms with E-state index in [-0.39, 0.29) is 5.91 Å². The third-order valence-electron chi connectivity index (χ3n) is 4.60. The monoisotopic (exact) mass is 315 g/mol. The number of hydrogen-bond acceptors (Lipinski definition) is 3. The number of benzene rings is 1. The lowest BCUT2D eigenvalue weighted by Crippen LogP contribution is -2.42. The molecule has 1 N–H and O–H groups in total. The van der Waals surface area contributed by atoms with E-state index in [1.54, 1.807) is 4.90 Å². The molecule has 5 nitrogen and oxygen atoms in total. The van der Waals surface area contributed by atoms with E-state index in [9.17, 15) is 14.7 Å². The largest absolute Gasteiger partial charge is 0.493 e. The molecule has 1 saturated carbocycles. The topological polar surface area (TPSA) is 66.8 Å². The Kier molecular flexibility index (Phi) is 4.11. The van der Waals surface area contributed by atoms with Gasteiger partial charge in [-0.3, -0.25) is 9.59 Å². The van der Waals surface area contributed by atoms with Gasteiger partial charge in [-0.15, -0.1) is 0 Å². The van der Waals surface area contributed by atoms with Gasteiger partial charge in [-0.2, -0.15) is 0 Å². The lowest BCUT2D eigenvalue weighted by atomic mass is 9.97. The zero-order valence-corrected chi connectivity index (χ0v) is 13.2. The fourth-order valence-corrected chi connectivity index (χ4v) is 3.06. The molecule has 3 rings (SSSR count). The normalized spacial score (nSPS) is 19.0. The predicted octanol–water partition coefficient (Wildman–Crippen LogP) is 2.57. The highest BCUT2D eigenvalue weighted by molar-refractivity contribution is 6.05. The Labute approximate surface area is 135 Å². The van der Waals surface area contributed by atoms with Crippen LogP contribution in [0.25, 0.3) is 5.57 Å². The Morgan fingerprint density at radius 3 is 2.61 bits per heavy atom.